The summed E-state index contributed by atoms with van der Waals surface area (Å²) in [5, 5.41) is 38.2. The number of aliphatic hydroxyl groups is 4. The molecule has 22 heavy (non-hydrogen) atoms. The van der Waals surface area contributed by atoms with Crippen molar-refractivity contribution in [2.75, 3.05) is 39.6 Å². The zero-order chi connectivity index (χ0) is 16.6. The van der Waals surface area contributed by atoms with Crippen molar-refractivity contribution < 1.29 is 29.9 Å². The summed E-state index contributed by atoms with van der Waals surface area (Å²) in [4.78, 5) is 4.21. The number of aromatic nitrogens is 1. The molecule has 4 N–H and O–H groups in total. The quantitative estimate of drug-likeness (QED) is 0.461. The van der Waals surface area contributed by atoms with Crippen LogP contribution in [0.5, 0.6) is 0 Å². The molecular formula is C15H25NO6. The number of nitrogens with zero attached hydrogens (tertiary/aromatic N) is 1. The highest BCUT2D eigenvalue weighted by Gasteiger charge is 2.36. The summed E-state index contributed by atoms with van der Waals surface area (Å²) in [5.41, 5.74) is -1.64. The van der Waals surface area contributed by atoms with E-state index in [0.717, 1.165) is 0 Å². The predicted molar refractivity (Wildman–Crippen MR) is 79.2 cm³/mol. The van der Waals surface area contributed by atoms with Gasteiger partial charge in [0.25, 0.3) is 0 Å². The van der Waals surface area contributed by atoms with Gasteiger partial charge in [-0.15, -0.1) is 0 Å². The van der Waals surface area contributed by atoms with Crippen LogP contribution in [0.3, 0.4) is 0 Å². The molecule has 0 saturated heterocycles. The van der Waals surface area contributed by atoms with E-state index >= 15 is 0 Å². The topological polar surface area (TPSA) is 112 Å². The molecule has 0 spiro atoms. The molecule has 0 unspecified atom stereocenters. The van der Waals surface area contributed by atoms with Crippen LogP contribution in [0.25, 0.3) is 0 Å². The van der Waals surface area contributed by atoms with E-state index in [9.17, 15) is 20.4 Å². The number of rotatable bonds is 10. The lowest BCUT2D eigenvalue weighted by atomic mass is 9.94. The molecule has 0 aromatic carbocycles. The Kier molecular flexibility index (Phi) is 7.34. The zero-order valence-corrected chi connectivity index (χ0v) is 13.0. The molecule has 0 fully saturated rings. The maximum atomic E-state index is 9.55. The van der Waals surface area contributed by atoms with Gasteiger partial charge in [-0.2, -0.15) is 0 Å². The van der Waals surface area contributed by atoms with Crippen molar-refractivity contribution in [2.45, 2.75) is 25.0 Å². The van der Waals surface area contributed by atoms with Crippen molar-refractivity contribution in [2.24, 2.45) is 0 Å². The van der Waals surface area contributed by atoms with E-state index in [1.165, 1.54) is 6.20 Å². The normalized spacial score (nSPS) is 12.6. The molecule has 0 aliphatic carbocycles. The lowest BCUT2D eigenvalue weighted by Gasteiger charge is -2.32. The molecule has 7 heteroatoms. The van der Waals surface area contributed by atoms with Gasteiger partial charge in [0, 0.05) is 25.0 Å². The molecule has 0 aliphatic rings. The molecule has 0 aliphatic heterocycles. The summed E-state index contributed by atoms with van der Waals surface area (Å²) < 4.78 is 10.9. The first-order valence-electron chi connectivity index (χ1n) is 7.26. The van der Waals surface area contributed by atoms with Crippen molar-refractivity contribution >= 4 is 0 Å². The highest BCUT2D eigenvalue weighted by atomic mass is 16.5. The Hall–Kier alpha value is -1.09. The third-order valence-electron chi connectivity index (χ3n) is 3.62. The standard InChI is InChI=1S/C15H25NO6/c1-3-21-14(8-17,9-18)12-5-6-13(16-7-12)15(10-19,11-20)22-4-2/h5-7,17-20H,3-4,8-11H2,1-2H3. The Morgan fingerprint density at radius 3 is 1.73 bits per heavy atom. The summed E-state index contributed by atoms with van der Waals surface area (Å²) in [5.74, 6) is 0. The van der Waals surface area contributed by atoms with Crippen molar-refractivity contribution in [3.05, 3.63) is 29.6 Å². The Morgan fingerprint density at radius 2 is 1.36 bits per heavy atom. The fourth-order valence-electron chi connectivity index (χ4n) is 2.27. The summed E-state index contributed by atoms with van der Waals surface area (Å²) in [6.45, 7) is 2.52. The summed E-state index contributed by atoms with van der Waals surface area (Å²) >= 11 is 0. The molecule has 7 nitrogen and oxygen atoms in total. The van der Waals surface area contributed by atoms with Gasteiger partial charge in [0.15, 0.2) is 5.60 Å². The highest BCUT2D eigenvalue weighted by Crippen LogP contribution is 2.28. The van der Waals surface area contributed by atoms with Gasteiger partial charge in [-0.05, 0) is 19.9 Å². The minimum atomic E-state index is -1.28. The maximum absolute atomic E-state index is 9.55. The van der Waals surface area contributed by atoms with Gasteiger partial charge >= 0.3 is 0 Å². The van der Waals surface area contributed by atoms with E-state index < -0.39 is 37.6 Å². The van der Waals surface area contributed by atoms with Gasteiger partial charge in [-0.3, -0.25) is 4.98 Å². The van der Waals surface area contributed by atoms with Crippen molar-refractivity contribution in [3.63, 3.8) is 0 Å². The van der Waals surface area contributed by atoms with Crippen molar-refractivity contribution in [3.8, 4) is 0 Å². The second-order valence-corrected chi connectivity index (χ2v) is 4.92. The largest absolute Gasteiger partial charge is 0.393 e. The number of hydrogen-bond acceptors (Lipinski definition) is 7. The van der Waals surface area contributed by atoms with Gasteiger partial charge in [-0.25, -0.2) is 0 Å². The third kappa shape index (κ3) is 3.62. The molecule has 0 bridgehead atoms. The minimum absolute atomic E-state index is 0.306. The van der Waals surface area contributed by atoms with E-state index in [2.05, 4.69) is 4.98 Å². The van der Waals surface area contributed by atoms with Crippen LogP contribution in [-0.4, -0.2) is 65.1 Å². The lowest BCUT2D eigenvalue weighted by molar-refractivity contribution is -0.115. The number of pyridine rings is 1. The van der Waals surface area contributed by atoms with Crippen molar-refractivity contribution in [1.29, 1.82) is 0 Å². The Labute approximate surface area is 130 Å². The van der Waals surface area contributed by atoms with E-state index in [4.69, 9.17) is 9.47 Å². The third-order valence-corrected chi connectivity index (χ3v) is 3.62. The Bertz CT molecular complexity index is 387. The van der Waals surface area contributed by atoms with E-state index in [-0.39, 0.29) is 0 Å². The van der Waals surface area contributed by atoms with Gasteiger partial charge in [-0.1, -0.05) is 6.07 Å². The molecule has 1 aromatic rings. The number of ether oxygens (including phenoxy) is 2. The predicted octanol–water partition coefficient (Wildman–Crippen LogP) is -0.486. The molecule has 0 amide bonds. The van der Waals surface area contributed by atoms with E-state index in [1.54, 1.807) is 26.0 Å². The highest BCUT2D eigenvalue weighted by molar-refractivity contribution is 5.25. The molecular weight excluding hydrogens is 290 g/mol. The van der Waals surface area contributed by atoms with E-state index in [0.29, 0.717) is 24.5 Å². The van der Waals surface area contributed by atoms with Gasteiger partial charge in [0.05, 0.1) is 32.1 Å². The first-order chi connectivity index (χ1) is 10.6. The molecule has 0 saturated carbocycles. The molecule has 1 heterocycles. The van der Waals surface area contributed by atoms with Crippen LogP contribution >= 0.6 is 0 Å². The Balaban J connectivity index is 3.17. The summed E-state index contributed by atoms with van der Waals surface area (Å²) in [7, 11) is 0. The average molecular weight is 315 g/mol. The SMILES string of the molecule is CCOC(CO)(CO)c1ccc(C(CO)(CO)OCC)nc1. The smallest absolute Gasteiger partial charge is 0.156 e. The second kappa shape index (κ2) is 8.52. The van der Waals surface area contributed by atoms with Crippen LogP contribution in [0, 0.1) is 0 Å². The molecule has 1 rings (SSSR count). The maximum Gasteiger partial charge on any atom is 0.156 e. The second-order valence-electron chi connectivity index (χ2n) is 4.92. The van der Waals surface area contributed by atoms with Crippen molar-refractivity contribution in [1.82, 2.24) is 4.98 Å². The lowest BCUT2D eigenvalue weighted by Crippen LogP contribution is -2.40. The zero-order valence-electron chi connectivity index (χ0n) is 13.0. The van der Waals surface area contributed by atoms with Crippen LogP contribution in [0.1, 0.15) is 25.1 Å². The fourth-order valence-corrected chi connectivity index (χ4v) is 2.27. The monoisotopic (exact) mass is 315 g/mol. The van der Waals surface area contributed by atoms with Crippen LogP contribution in [-0.2, 0) is 20.7 Å². The van der Waals surface area contributed by atoms with E-state index in [1.807, 2.05) is 0 Å². The fraction of sp³-hybridized carbons (Fsp3) is 0.667. The summed E-state index contributed by atoms with van der Waals surface area (Å²) in [6.07, 6.45) is 1.44. The molecule has 0 atom stereocenters. The Morgan fingerprint density at radius 1 is 0.864 bits per heavy atom. The van der Waals surface area contributed by atoms with Crippen LogP contribution in [0.15, 0.2) is 18.3 Å². The first kappa shape index (κ1) is 19.0. The molecule has 126 valence electrons. The van der Waals surface area contributed by atoms with Crippen LogP contribution < -0.4 is 0 Å². The molecule has 0 radical (unpaired) electrons. The number of hydrogen-bond donors (Lipinski definition) is 4. The minimum Gasteiger partial charge on any atom is -0.393 e. The summed E-state index contributed by atoms with van der Waals surface area (Å²) in [6, 6.07) is 3.21. The van der Waals surface area contributed by atoms with Gasteiger partial charge in [0.1, 0.15) is 5.60 Å². The van der Waals surface area contributed by atoms with Crippen LogP contribution in [0.4, 0.5) is 0 Å². The van der Waals surface area contributed by atoms with Gasteiger partial charge in [0.2, 0.25) is 0 Å². The first-order valence-corrected chi connectivity index (χ1v) is 7.26. The van der Waals surface area contributed by atoms with Crippen LogP contribution in [0.2, 0.25) is 0 Å². The average Bonchev–Trinajstić information content (AvgIpc) is 2.58. The van der Waals surface area contributed by atoms with Gasteiger partial charge < -0.3 is 29.9 Å². The number of aliphatic hydroxyl groups excluding tert-OH is 4. The molecule has 1 aromatic heterocycles.